The number of hydrogen-bond donors (Lipinski definition) is 2. The lowest BCUT2D eigenvalue weighted by atomic mass is 9.80. The zero-order valence-corrected chi connectivity index (χ0v) is 24.4. The van der Waals surface area contributed by atoms with E-state index in [0.717, 1.165) is 61.5 Å². The van der Waals surface area contributed by atoms with Crippen LogP contribution in [0.2, 0.25) is 0 Å². The summed E-state index contributed by atoms with van der Waals surface area (Å²) in [5.41, 5.74) is 3.24. The summed E-state index contributed by atoms with van der Waals surface area (Å²) >= 11 is 0. The third kappa shape index (κ3) is 8.93. The lowest BCUT2D eigenvalue weighted by Crippen LogP contribution is -2.47. The molecule has 1 fully saturated rings. The molecule has 2 N–H and O–H groups in total. The van der Waals surface area contributed by atoms with Crippen molar-refractivity contribution in [2.75, 3.05) is 71.9 Å². The number of amides is 2. The largest absolute Gasteiger partial charge is 0.493 e. The Balaban J connectivity index is 1.37. The van der Waals surface area contributed by atoms with E-state index in [-0.39, 0.29) is 17.7 Å². The van der Waals surface area contributed by atoms with Gasteiger partial charge in [-0.25, -0.2) is 0 Å². The highest BCUT2D eigenvalue weighted by molar-refractivity contribution is 5.78. The third-order valence-electron chi connectivity index (χ3n) is 8.06. The van der Waals surface area contributed by atoms with Gasteiger partial charge in [0.2, 0.25) is 11.8 Å². The molecule has 0 spiro atoms. The molecule has 0 saturated carbocycles. The average Bonchev–Trinajstić information content (AvgIpc) is 2.96. The maximum Gasteiger partial charge on any atom is 0.236 e. The van der Waals surface area contributed by atoms with E-state index >= 15 is 0 Å². The molecule has 3 heterocycles. The summed E-state index contributed by atoms with van der Waals surface area (Å²) in [6.07, 6.45) is 5.93. The van der Waals surface area contributed by atoms with Gasteiger partial charge in [-0.2, -0.15) is 0 Å². The molecule has 4 rings (SSSR count). The minimum Gasteiger partial charge on any atom is -0.493 e. The van der Waals surface area contributed by atoms with Crippen LogP contribution in [0.1, 0.15) is 36.9 Å². The number of carbonyl (C=O) groups excluding carboxylic acids is 2. The first-order chi connectivity index (χ1) is 19.4. The number of fused-ring (bicyclic) bond motifs is 3. The van der Waals surface area contributed by atoms with Gasteiger partial charge in [-0.15, -0.1) is 0 Å². The smallest absolute Gasteiger partial charge is 0.236 e. The minimum absolute atomic E-state index is 0.113. The maximum atomic E-state index is 13.1. The molecule has 218 valence electrons. The van der Waals surface area contributed by atoms with Crippen molar-refractivity contribution in [2.45, 2.75) is 38.6 Å². The first-order valence-electron chi connectivity index (χ1n) is 14.7. The molecule has 9 nitrogen and oxygen atoms in total. The summed E-state index contributed by atoms with van der Waals surface area (Å²) in [6, 6.07) is 12.3. The molecule has 1 saturated heterocycles. The Morgan fingerprint density at radius 2 is 2.02 bits per heavy atom. The Labute approximate surface area is 239 Å². The van der Waals surface area contributed by atoms with Crippen LogP contribution in [-0.4, -0.2) is 93.6 Å². The van der Waals surface area contributed by atoms with Crippen molar-refractivity contribution >= 4 is 17.5 Å². The van der Waals surface area contributed by atoms with Gasteiger partial charge in [-0.05, 0) is 75.5 Å². The van der Waals surface area contributed by atoms with Crippen molar-refractivity contribution < 1.29 is 14.3 Å². The monoisotopic (exact) mass is 550 g/mol. The van der Waals surface area contributed by atoms with E-state index in [2.05, 4.69) is 50.7 Å². The first kappa shape index (κ1) is 29.8. The van der Waals surface area contributed by atoms with Crippen molar-refractivity contribution in [3.05, 3.63) is 53.9 Å². The lowest BCUT2D eigenvalue weighted by molar-refractivity contribution is -0.133. The van der Waals surface area contributed by atoms with Gasteiger partial charge in [0.05, 0.1) is 13.2 Å². The van der Waals surface area contributed by atoms with Gasteiger partial charge in [-0.1, -0.05) is 6.07 Å². The van der Waals surface area contributed by atoms with E-state index < -0.39 is 0 Å². The SMILES string of the molecule is CN(C)CCNC(=O)C[C@@H]1CCN2C[C@@H]1CCCOc1ccc(N(C)CCc3ccccn3)cc1CNCC2=O. The van der Waals surface area contributed by atoms with E-state index in [0.29, 0.717) is 51.7 Å². The number of pyridine rings is 1. The summed E-state index contributed by atoms with van der Waals surface area (Å²) in [6.45, 7) is 5.25. The number of nitrogens with zero attached hydrogens (tertiary/aromatic N) is 4. The first-order valence-corrected chi connectivity index (χ1v) is 14.7. The van der Waals surface area contributed by atoms with Crippen LogP contribution in [0.15, 0.2) is 42.6 Å². The second-order valence-electron chi connectivity index (χ2n) is 11.4. The van der Waals surface area contributed by atoms with Crippen LogP contribution in [-0.2, 0) is 22.6 Å². The lowest BCUT2D eigenvalue weighted by Gasteiger charge is -2.38. The van der Waals surface area contributed by atoms with Crippen molar-refractivity contribution in [1.82, 2.24) is 25.4 Å². The molecule has 1 aromatic heterocycles. The average molecular weight is 551 g/mol. The van der Waals surface area contributed by atoms with Crippen molar-refractivity contribution in [3.8, 4) is 5.75 Å². The highest BCUT2D eigenvalue weighted by Crippen LogP contribution is 2.31. The molecule has 0 aliphatic carbocycles. The topological polar surface area (TPSA) is 90.0 Å². The molecule has 2 amide bonds. The maximum absolute atomic E-state index is 13.1. The van der Waals surface area contributed by atoms with Gasteiger partial charge in [-0.3, -0.25) is 14.6 Å². The van der Waals surface area contributed by atoms with E-state index in [9.17, 15) is 9.59 Å². The normalized spacial score (nSPS) is 20.0. The Kier molecular flexibility index (Phi) is 11.2. The number of aromatic nitrogens is 1. The fraction of sp³-hybridized carbons (Fsp3) is 0.581. The van der Waals surface area contributed by atoms with Gasteiger partial charge in [0.1, 0.15) is 5.75 Å². The van der Waals surface area contributed by atoms with Crippen LogP contribution in [0.5, 0.6) is 5.75 Å². The number of nitrogens with one attached hydrogen (secondary N) is 2. The third-order valence-corrected chi connectivity index (χ3v) is 8.06. The number of anilines is 1. The minimum atomic E-state index is 0.113. The second-order valence-corrected chi connectivity index (χ2v) is 11.4. The fourth-order valence-corrected chi connectivity index (χ4v) is 5.62. The van der Waals surface area contributed by atoms with Crippen molar-refractivity contribution in [2.24, 2.45) is 11.8 Å². The molecule has 0 radical (unpaired) electrons. The van der Waals surface area contributed by atoms with Crippen LogP contribution in [0.3, 0.4) is 0 Å². The molecule has 9 heteroatoms. The molecule has 2 aromatic rings. The molecule has 2 bridgehead atoms. The Hall–Kier alpha value is -3.17. The fourth-order valence-electron chi connectivity index (χ4n) is 5.62. The summed E-state index contributed by atoms with van der Waals surface area (Å²) in [7, 11) is 6.10. The standard InChI is InChI=1S/C31H46N6O3/c1-35(2)17-14-34-30(38)20-24-11-16-37-23-25(24)7-6-18-40-29-10-9-28(19-26(29)21-32-22-31(37)39)36(3)15-12-27-8-4-5-13-33-27/h4-5,8-10,13,19,24-25,32H,6-7,11-12,14-18,20-23H2,1-3H3,(H,34,38)/t24-,25-/m0/s1. The van der Waals surface area contributed by atoms with Crippen LogP contribution < -0.4 is 20.3 Å². The zero-order chi connectivity index (χ0) is 28.3. The molecule has 2 aliphatic heterocycles. The predicted octanol–water partition coefficient (Wildman–Crippen LogP) is 2.56. The van der Waals surface area contributed by atoms with Crippen LogP contribution in [0.4, 0.5) is 5.69 Å². The second kappa shape index (κ2) is 15.0. The molecule has 0 unspecified atom stereocenters. The van der Waals surface area contributed by atoms with Crippen LogP contribution in [0.25, 0.3) is 0 Å². The van der Waals surface area contributed by atoms with E-state index in [4.69, 9.17) is 4.74 Å². The Morgan fingerprint density at radius 3 is 2.83 bits per heavy atom. The number of rotatable bonds is 9. The summed E-state index contributed by atoms with van der Waals surface area (Å²) in [5, 5.41) is 6.42. The summed E-state index contributed by atoms with van der Waals surface area (Å²) in [5.74, 6) is 1.70. The molecule has 2 atom stereocenters. The van der Waals surface area contributed by atoms with Gasteiger partial charge in [0.25, 0.3) is 0 Å². The van der Waals surface area contributed by atoms with Gasteiger partial charge < -0.3 is 30.1 Å². The number of hydrogen-bond acceptors (Lipinski definition) is 7. The molecule has 2 aliphatic rings. The molecule has 40 heavy (non-hydrogen) atoms. The zero-order valence-electron chi connectivity index (χ0n) is 24.4. The van der Waals surface area contributed by atoms with Gasteiger partial charge in [0.15, 0.2) is 0 Å². The summed E-state index contributed by atoms with van der Waals surface area (Å²) < 4.78 is 6.27. The van der Waals surface area contributed by atoms with Gasteiger partial charge >= 0.3 is 0 Å². The van der Waals surface area contributed by atoms with E-state index in [1.54, 1.807) is 0 Å². The molecule has 1 aromatic carbocycles. The molecular formula is C31H46N6O3. The van der Waals surface area contributed by atoms with E-state index in [1.165, 1.54) is 0 Å². The number of benzene rings is 1. The van der Waals surface area contributed by atoms with Crippen LogP contribution in [0, 0.1) is 11.8 Å². The Bertz CT molecular complexity index is 1100. The number of carbonyl (C=O) groups is 2. The Morgan fingerprint density at radius 1 is 1.15 bits per heavy atom. The molecular weight excluding hydrogens is 504 g/mol. The predicted molar refractivity (Wildman–Crippen MR) is 158 cm³/mol. The van der Waals surface area contributed by atoms with Gasteiger partial charge in [0, 0.05) is 82.3 Å². The highest BCUT2D eigenvalue weighted by Gasteiger charge is 2.32. The van der Waals surface area contributed by atoms with Crippen molar-refractivity contribution in [3.63, 3.8) is 0 Å². The quantitative estimate of drug-likeness (QED) is 0.496. The van der Waals surface area contributed by atoms with Crippen LogP contribution >= 0.6 is 0 Å². The summed E-state index contributed by atoms with van der Waals surface area (Å²) in [4.78, 5) is 36.4. The van der Waals surface area contributed by atoms with Crippen molar-refractivity contribution in [1.29, 1.82) is 0 Å². The van der Waals surface area contributed by atoms with E-state index in [1.807, 2.05) is 43.4 Å². The number of piperidine rings is 1. The number of ether oxygens (including phenoxy) is 1. The number of likely N-dealkylation sites (N-methyl/N-ethyl adjacent to an activating group) is 2. The highest BCUT2D eigenvalue weighted by atomic mass is 16.5.